The second-order valence-corrected chi connectivity index (χ2v) is 3.32. The second kappa shape index (κ2) is 23.1. The number of rotatable bonds is 4. The van der Waals surface area contributed by atoms with Gasteiger partial charge in [-0.05, 0) is 39.3 Å². The standard InChI is InChI=1S/2C4H11N.C3H9N/c1-3-4(2)5;1-2-3-4-5;1-2-3-4/h4H,3,5H2,1-2H3;2-5H2,1H3;2-4H2,1H3. The van der Waals surface area contributed by atoms with Crippen molar-refractivity contribution in [1.82, 2.24) is 0 Å². The Balaban J connectivity index is -0.000000131. The zero-order valence-electron chi connectivity index (χ0n) is 10.6. The van der Waals surface area contributed by atoms with Crippen LogP contribution in [-0.2, 0) is 0 Å². The molecule has 0 bridgehead atoms. The number of unbranched alkanes of at least 4 members (excludes halogenated alkanes) is 1. The van der Waals surface area contributed by atoms with E-state index >= 15 is 0 Å². The zero-order valence-corrected chi connectivity index (χ0v) is 10.6. The van der Waals surface area contributed by atoms with Gasteiger partial charge in [0.05, 0.1) is 0 Å². The van der Waals surface area contributed by atoms with Crippen molar-refractivity contribution in [2.45, 2.75) is 59.4 Å². The molecular formula is C11H31N3. The Bertz CT molecular complexity index is 61.6. The molecule has 3 heteroatoms. The fourth-order valence-electron chi connectivity index (χ4n) is 0.204. The van der Waals surface area contributed by atoms with E-state index in [0.717, 1.165) is 25.9 Å². The van der Waals surface area contributed by atoms with Crippen LogP contribution in [0.1, 0.15) is 53.4 Å². The fourth-order valence-corrected chi connectivity index (χ4v) is 0.204. The fraction of sp³-hybridized carbons (Fsp3) is 1.00. The molecule has 0 aliphatic rings. The van der Waals surface area contributed by atoms with Gasteiger partial charge in [0.15, 0.2) is 0 Å². The summed E-state index contributed by atoms with van der Waals surface area (Å²) in [5.74, 6) is 0. The van der Waals surface area contributed by atoms with Crippen LogP contribution in [0.5, 0.6) is 0 Å². The molecular weight excluding hydrogens is 174 g/mol. The van der Waals surface area contributed by atoms with Gasteiger partial charge in [-0.1, -0.05) is 27.2 Å². The Hall–Kier alpha value is -0.120. The monoisotopic (exact) mass is 205 g/mol. The summed E-state index contributed by atoms with van der Waals surface area (Å²) in [4.78, 5) is 0. The highest BCUT2D eigenvalue weighted by atomic mass is 14.6. The molecule has 90 valence electrons. The Morgan fingerprint density at radius 2 is 1.29 bits per heavy atom. The summed E-state index contributed by atoms with van der Waals surface area (Å²) >= 11 is 0. The van der Waals surface area contributed by atoms with Crippen molar-refractivity contribution in [3.8, 4) is 0 Å². The maximum absolute atomic E-state index is 5.29. The molecule has 0 amide bonds. The first-order valence-corrected chi connectivity index (χ1v) is 5.76. The molecule has 0 radical (unpaired) electrons. The van der Waals surface area contributed by atoms with Crippen LogP contribution in [-0.4, -0.2) is 19.1 Å². The topological polar surface area (TPSA) is 78.1 Å². The molecule has 0 saturated carbocycles. The highest BCUT2D eigenvalue weighted by Crippen LogP contribution is 1.77. The third-order valence-corrected chi connectivity index (χ3v) is 1.49. The molecule has 0 aromatic heterocycles. The summed E-state index contributed by atoms with van der Waals surface area (Å²) in [6, 6.07) is 0.384. The van der Waals surface area contributed by atoms with E-state index in [1.54, 1.807) is 0 Å². The first-order valence-electron chi connectivity index (χ1n) is 5.76. The highest BCUT2D eigenvalue weighted by Gasteiger charge is 1.79. The van der Waals surface area contributed by atoms with E-state index in [9.17, 15) is 0 Å². The van der Waals surface area contributed by atoms with Crippen LogP contribution >= 0.6 is 0 Å². The number of hydrogen-bond donors (Lipinski definition) is 3. The minimum Gasteiger partial charge on any atom is -0.330 e. The van der Waals surface area contributed by atoms with Gasteiger partial charge in [-0.25, -0.2) is 0 Å². The van der Waals surface area contributed by atoms with Crippen LogP contribution in [0, 0.1) is 0 Å². The van der Waals surface area contributed by atoms with Crippen molar-refractivity contribution >= 4 is 0 Å². The summed E-state index contributed by atoms with van der Waals surface area (Å²) in [5, 5.41) is 0. The lowest BCUT2D eigenvalue weighted by atomic mass is 10.3. The van der Waals surface area contributed by atoms with Crippen molar-refractivity contribution < 1.29 is 0 Å². The van der Waals surface area contributed by atoms with E-state index in [4.69, 9.17) is 17.2 Å². The summed E-state index contributed by atoms with van der Waals surface area (Å²) in [7, 11) is 0. The first kappa shape index (κ1) is 19.5. The lowest BCUT2D eigenvalue weighted by Gasteiger charge is -1.91. The van der Waals surface area contributed by atoms with E-state index in [-0.39, 0.29) is 0 Å². The van der Waals surface area contributed by atoms with E-state index in [1.807, 2.05) is 6.92 Å². The molecule has 0 aromatic carbocycles. The third-order valence-electron chi connectivity index (χ3n) is 1.49. The van der Waals surface area contributed by atoms with Crippen molar-refractivity contribution in [3.05, 3.63) is 0 Å². The van der Waals surface area contributed by atoms with Crippen LogP contribution in [0.25, 0.3) is 0 Å². The van der Waals surface area contributed by atoms with Crippen LogP contribution < -0.4 is 17.2 Å². The first-order chi connectivity index (χ1) is 6.60. The normalized spacial score (nSPS) is 10.5. The van der Waals surface area contributed by atoms with Crippen LogP contribution in [0.15, 0.2) is 0 Å². The summed E-state index contributed by atoms with van der Waals surface area (Å²) in [6.45, 7) is 9.92. The molecule has 0 heterocycles. The predicted molar refractivity (Wildman–Crippen MR) is 67.2 cm³/mol. The lowest BCUT2D eigenvalue weighted by Crippen LogP contribution is -2.11. The molecule has 1 atom stereocenters. The quantitative estimate of drug-likeness (QED) is 0.655. The van der Waals surface area contributed by atoms with Crippen molar-refractivity contribution in [2.75, 3.05) is 13.1 Å². The molecule has 0 aromatic rings. The third kappa shape index (κ3) is 59.1. The SMILES string of the molecule is CCC(C)N.CCCCN.CCCN. The Labute approximate surface area is 90.4 Å². The summed E-state index contributed by atoms with van der Waals surface area (Å²) in [5.41, 5.74) is 15.5. The molecule has 0 aliphatic carbocycles. The number of hydrogen-bond acceptors (Lipinski definition) is 3. The Kier molecular flexibility index (Phi) is 32.0. The van der Waals surface area contributed by atoms with Gasteiger partial charge in [0, 0.05) is 6.04 Å². The van der Waals surface area contributed by atoms with Crippen molar-refractivity contribution in [1.29, 1.82) is 0 Å². The predicted octanol–water partition coefficient (Wildman–Crippen LogP) is 1.84. The molecule has 0 fully saturated rings. The van der Waals surface area contributed by atoms with Gasteiger partial charge in [0.25, 0.3) is 0 Å². The second-order valence-electron chi connectivity index (χ2n) is 3.32. The van der Waals surface area contributed by atoms with Gasteiger partial charge in [-0.15, -0.1) is 0 Å². The molecule has 0 spiro atoms. The molecule has 0 aliphatic heterocycles. The van der Waals surface area contributed by atoms with Crippen molar-refractivity contribution in [3.63, 3.8) is 0 Å². The molecule has 6 N–H and O–H groups in total. The maximum atomic E-state index is 5.29. The van der Waals surface area contributed by atoms with E-state index in [2.05, 4.69) is 20.8 Å². The maximum Gasteiger partial charge on any atom is 0.000781 e. The van der Waals surface area contributed by atoms with E-state index in [1.165, 1.54) is 12.8 Å². The van der Waals surface area contributed by atoms with Gasteiger partial charge in [0.2, 0.25) is 0 Å². The summed E-state index contributed by atoms with van der Waals surface area (Å²) in [6.07, 6.45) is 4.57. The molecule has 14 heavy (non-hydrogen) atoms. The van der Waals surface area contributed by atoms with Crippen LogP contribution in [0.2, 0.25) is 0 Å². The molecule has 0 saturated heterocycles. The van der Waals surface area contributed by atoms with E-state index in [0.29, 0.717) is 6.04 Å². The lowest BCUT2D eigenvalue weighted by molar-refractivity contribution is 0.715. The van der Waals surface area contributed by atoms with Crippen molar-refractivity contribution in [2.24, 2.45) is 17.2 Å². The minimum atomic E-state index is 0.384. The van der Waals surface area contributed by atoms with Crippen LogP contribution in [0.4, 0.5) is 0 Å². The minimum absolute atomic E-state index is 0.384. The average molecular weight is 205 g/mol. The average Bonchev–Trinajstić information content (AvgIpc) is 2.20. The van der Waals surface area contributed by atoms with Gasteiger partial charge in [-0.3, -0.25) is 0 Å². The van der Waals surface area contributed by atoms with Gasteiger partial charge in [-0.2, -0.15) is 0 Å². The Morgan fingerprint density at radius 1 is 0.929 bits per heavy atom. The molecule has 3 nitrogen and oxygen atoms in total. The van der Waals surface area contributed by atoms with Crippen LogP contribution in [0.3, 0.4) is 0 Å². The Morgan fingerprint density at radius 3 is 1.29 bits per heavy atom. The van der Waals surface area contributed by atoms with Gasteiger partial charge < -0.3 is 17.2 Å². The highest BCUT2D eigenvalue weighted by molar-refractivity contribution is 4.43. The van der Waals surface area contributed by atoms with E-state index < -0.39 is 0 Å². The van der Waals surface area contributed by atoms with Gasteiger partial charge >= 0.3 is 0 Å². The number of nitrogens with two attached hydrogens (primary N) is 3. The molecule has 1 unspecified atom stereocenters. The zero-order chi connectivity index (χ0) is 11.8. The van der Waals surface area contributed by atoms with Gasteiger partial charge in [0.1, 0.15) is 0 Å². The molecule has 0 rings (SSSR count). The summed E-state index contributed by atoms with van der Waals surface area (Å²) < 4.78 is 0. The largest absolute Gasteiger partial charge is 0.330 e. The smallest absolute Gasteiger partial charge is 0.000781 e.